The number of anilines is 1. The van der Waals surface area contributed by atoms with Crippen LogP contribution in [0.5, 0.6) is 11.5 Å². The van der Waals surface area contributed by atoms with Crippen molar-refractivity contribution < 1.29 is 14.6 Å². The summed E-state index contributed by atoms with van der Waals surface area (Å²) in [5, 5.41) is 10.2. The topological polar surface area (TPSA) is 77.6 Å². The first kappa shape index (κ1) is 14.4. The molecule has 2 rings (SSSR count). The lowest BCUT2D eigenvalue weighted by Gasteiger charge is -2.13. The fourth-order valence-corrected chi connectivity index (χ4v) is 1.63. The van der Waals surface area contributed by atoms with Gasteiger partial charge in [0.25, 0.3) is 0 Å². The third-order valence-electron chi connectivity index (χ3n) is 2.44. The van der Waals surface area contributed by atoms with Crippen LogP contribution in [0.3, 0.4) is 0 Å². The van der Waals surface area contributed by atoms with E-state index >= 15 is 0 Å². The number of aliphatic hydroxyl groups is 1. The minimum absolute atomic E-state index is 0.0942. The second kappa shape index (κ2) is 6.98. The van der Waals surface area contributed by atoms with Gasteiger partial charge in [0.1, 0.15) is 30.8 Å². The van der Waals surface area contributed by atoms with Gasteiger partial charge in [-0.2, -0.15) is 0 Å². The Balaban J connectivity index is 1.75. The first-order chi connectivity index (χ1) is 9.63. The van der Waals surface area contributed by atoms with Crippen LogP contribution >= 0.6 is 11.6 Å². The maximum Gasteiger partial charge on any atom is 0.139 e. The fourth-order valence-electron chi connectivity index (χ4n) is 1.47. The molecule has 0 aliphatic heterocycles. The Bertz CT molecular complexity index is 548. The highest BCUT2D eigenvalue weighted by Crippen LogP contribution is 2.16. The lowest BCUT2D eigenvalue weighted by atomic mass is 10.3. The van der Waals surface area contributed by atoms with E-state index in [1.165, 1.54) is 12.4 Å². The third-order valence-corrected chi connectivity index (χ3v) is 2.65. The van der Waals surface area contributed by atoms with Crippen molar-refractivity contribution in [2.75, 3.05) is 18.9 Å². The Kier molecular flexibility index (Phi) is 5.03. The van der Waals surface area contributed by atoms with E-state index in [-0.39, 0.29) is 13.2 Å². The van der Waals surface area contributed by atoms with E-state index in [9.17, 15) is 5.11 Å². The highest BCUT2D eigenvalue weighted by Gasteiger charge is 2.07. The summed E-state index contributed by atoms with van der Waals surface area (Å²) in [6.07, 6.45) is 2.28. The summed E-state index contributed by atoms with van der Waals surface area (Å²) in [5.41, 5.74) is 6.23. The van der Waals surface area contributed by atoms with Gasteiger partial charge >= 0.3 is 0 Å². The molecule has 106 valence electrons. The molecule has 0 radical (unpaired) electrons. The smallest absolute Gasteiger partial charge is 0.139 e. The monoisotopic (exact) mass is 294 g/mol. The molecule has 1 aromatic carbocycles. The fraction of sp³-hybridized carbons (Fsp3) is 0.214. The van der Waals surface area contributed by atoms with Crippen LogP contribution in [0.25, 0.3) is 0 Å². The van der Waals surface area contributed by atoms with Gasteiger partial charge in [0.2, 0.25) is 0 Å². The zero-order chi connectivity index (χ0) is 14.4. The molecule has 0 aliphatic rings. The lowest BCUT2D eigenvalue weighted by molar-refractivity contribution is 0.0625. The summed E-state index contributed by atoms with van der Waals surface area (Å²) in [7, 11) is 0. The summed E-state index contributed by atoms with van der Waals surface area (Å²) < 4.78 is 10.8. The first-order valence-electron chi connectivity index (χ1n) is 6.03. The maximum absolute atomic E-state index is 9.77. The van der Waals surface area contributed by atoms with Crippen LogP contribution in [-0.4, -0.2) is 29.4 Å². The predicted molar refractivity (Wildman–Crippen MR) is 77.1 cm³/mol. The number of halogens is 1. The number of hydrogen-bond acceptors (Lipinski definition) is 5. The van der Waals surface area contributed by atoms with Crippen LogP contribution < -0.4 is 15.2 Å². The molecule has 2 aromatic rings. The highest BCUT2D eigenvalue weighted by atomic mass is 35.5. The first-order valence-corrected chi connectivity index (χ1v) is 6.41. The van der Waals surface area contributed by atoms with Crippen LogP contribution in [0.15, 0.2) is 42.7 Å². The molecule has 0 fully saturated rings. The van der Waals surface area contributed by atoms with Gasteiger partial charge in [0.05, 0.1) is 11.2 Å². The number of ether oxygens (including phenoxy) is 2. The Morgan fingerprint density at radius 3 is 2.40 bits per heavy atom. The van der Waals surface area contributed by atoms with Crippen molar-refractivity contribution in [2.45, 2.75) is 6.10 Å². The zero-order valence-corrected chi connectivity index (χ0v) is 11.5. The molecule has 20 heavy (non-hydrogen) atoms. The van der Waals surface area contributed by atoms with Crippen LogP contribution in [0, 0.1) is 0 Å². The Hall–Kier alpha value is -1.98. The normalized spacial score (nSPS) is 11.9. The number of pyridine rings is 1. The average molecular weight is 295 g/mol. The minimum Gasteiger partial charge on any atom is -0.491 e. The molecule has 0 spiro atoms. The largest absolute Gasteiger partial charge is 0.491 e. The molecule has 6 heteroatoms. The second-order valence-electron chi connectivity index (χ2n) is 4.18. The summed E-state index contributed by atoms with van der Waals surface area (Å²) in [6.45, 7) is 0.217. The summed E-state index contributed by atoms with van der Waals surface area (Å²) >= 11 is 5.77. The van der Waals surface area contributed by atoms with Crippen molar-refractivity contribution >= 4 is 17.3 Å². The summed E-state index contributed by atoms with van der Waals surface area (Å²) in [4.78, 5) is 3.88. The molecule has 0 bridgehead atoms. The van der Waals surface area contributed by atoms with Gasteiger partial charge in [0, 0.05) is 18.0 Å². The van der Waals surface area contributed by atoms with E-state index in [1.807, 2.05) is 0 Å². The number of nitrogens with zero attached hydrogens (tertiary/aromatic N) is 1. The van der Waals surface area contributed by atoms with E-state index in [4.69, 9.17) is 26.8 Å². The molecule has 1 heterocycles. The van der Waals surface area contributed by atoms with E-state index < -0.39 is 6.10 Å². The molecule has 5 nitrogen and oxygen atoms in total. The van der Waals surface area contributed by atoms with E-state index in [0.717, 1.165) is 0 Å². The number of hydrogen-bond donors (Lipinski definition) is 2. The van der Waals surface area contributed by atoms with Gasteiger partial charge in [-0.1, -0.05) is 11.6 Å². The quantitative estimate of drug-likeness (QED) is 0.798. The van der Waals surface area contributed by atoms with Crippen molar-refractivity contribution in [3.8, 4) is 11.5 Å². The van der Waals surface area contributed by atoms with Crippen LogP contribution in [0.4, 0.5) is 5.69 Å². The number of nitrogen functional groups attached to an aromatic ring is 1. The number of benzene rings is 1. The molecule has 0 amide bonds. The second-order valence-corrected chi connectivity index (χ2v) is 4.62. The summed E-state index contributed by atoms with van der Waals surface area (Å²) in [5.74, 6) is 1.15. The van der Waals surface area contributed by atoms with Gasteiger partial charge < -0.3 is 20.3 Å². The van der Waals surface area contributed by atoms with Crippen LogP contribution in [0.1, 0.15) is 0 Å². The molecule has 1 atom stereocenters. The Morgan fingerprint density at radius 2 is 1.75 bits per heavy atom. The van der Waals surface area contributed by atoms with E-state index in [1.54, 1.807) is 30.3 Å². The number of aliphatic hydroxyl groups excluding tert-OH is 1. The zero-order valence-electron chi connectivity index (χ0n) is 10.7. The van der Waals surface area contributed by atoms with Crippen molar-refractivity contribution in [1.82, 2.24) is 4.98 Å². The van der Waals surface area contributed by atoms with Gasteiger partial charge in [-0.15, -0.1) is 0 Å². The van der Waals surface area contributed by atoms with E-state index in [0.29, 0.717) is 22.2 Å². The highest BCUT2D eigenvalue weighted by molar-refractivity contribution is 6.30. The SMILES string of the molecule is Nc1ccc(OCC(O)COc2cncc(Cl)c2)cc1. The van der Waals surface area contributed by atoms with Crippen molar-refractivity contribution in [3.05, 3.63) is 47.7 Å². The molecular formula is C14H15ClN2O3. The number of rotatable bonds is 6. The molecule has 0 saturated carbocycles. The molecule has 1 unspecified atom stereocenters. The van der Waals surface area contributed by atoms with Crippen molar-refractivity contribution in [1.29, 1.82) is 0 Å². The number of aromatic nitrogens is 1. The Morgan fingerprint density at radius 1 is 1.10 bits per heavy atom. The molecule has 1 aromatic heterocycles. The predicted octanol–water partition coefficient (Wildman–Crippen LogP) is 2.14. The third kappa shape index (κ3) is 4.60. The van der Waals surface area contributed by atoms with Gasteiger partial charge in [-0.3, -0.25) is 4.98 Å². The molecular weight excluding hydrogens is 280 g/mol. The van der Waals surface area contributed by atoms with Crippen LogP contribution in [-0.2, 0) is 0 Å². The lowest BCUT2D eigenvalue weighted by Crippen LogP contribution is -2.25. The van der Waals surface area contributed by atoms with Crippen molar-refractivity contribution in [3.63, 3.8) is 0 Å². The molecule has 0 saturated heterocycles. The van der Waals surface area contributed by atoms with Crippen molar-refractivity contribution in [2.24, 2.45) is 0 Å². The summed E-state index contributed by atoms with van der Waals surface area (Å²) in [6, 6.07) is 8.57. The Labute approximate surface area is 121 Å². The van der Waals surface area contributed by atoms with Crippen LogP contribution in [0.2, 0.25) is 5.02 Å². The van der Waals surface area contributed by atoms with E-state index in [2.05, 4.69) is 4.98 Å². The van der Waals surface area contributed by atoms with Gasteiger partial charge in [0.15, 0.2) is 0 Å². The molecule has 0 aliphatic carbocycles. The standard InChI is InChI=1S/C14H15ClN2O3/c15-10-5-14(7-17-6-10)20-9-12(18)8-19-13-3-1-11(16)2-4-13/h1-7,12,18H,8-9,16H2. The maximum atomic E-state index is 9.77. The average Bonchev–Trinajstić information content (AvgIpc) is 2.45. The van der Waals surface area contributed by atoms with Gasteiger partial charge in [-0.05, 0) is 24.3 Å². The van der Waals surface area contributed by atoms with Gasteiger partial charge in [-0.25, -0.2) is 0 Å². The molecule has 3 N–H and O–H groups in total. The number of nitrogens with two attached hydrogens (primary N) is 1. The minimum atomic E-state index is -0.758.